The molecule has 6 nitrogen and oxygen atoms in total. The summed E-state index contributed by atoms with van der Waals surface area (Å²) in [5.74, 6) is -0.709. The Hall–Kier alpha value is -1.87. The molecule has 0 aliphatic heterocycles. The topological polar surface area (TPSA) is 74.2 Å². The molecule has 2 unspecified atom stereocenters. The third kappa shape index (κ3) is 14.0. The maximum atomic E-state index is 14.0. The summed E-state index contributed by atoms with van der Waals surface area (Å²) in [5.41, 5.74) is 1.83. The van der Waals surface area contributed by atoms with Gasteiger partial charge in [0.15, 0.2) is 5.78 Å². The number of hydrogen-bond acceptors (Lipinski definition) is 6. The zero-order chi connectivity index (χ0) is 31.9. The van der Waals surface area contributed by atoms with Crippen LogP contribution in [-0.4, -0.2) is 58.3 Å². The van der Waals surface area contributed by atoms with Crippen molar-refractivity contribution in [3.8, 4) is 0 Å². The number of carbonyl (C=O) groups excluding carboxylic acids is 1. The lowest BCUT2D eigenvalue weighted by Crippen LogP contribution is -2.46. The minimum atomic E-state index is -2.79. The first-order valence-corrected chi connectivity index (χ1v) is 19.3. The Morgan fingerprint density at radius 2 is 1.11 bits per heavy atom. The monoisotopic (exact) mass is 628 g/mol. The van der Waals surface area contributed by atoms with E-state index in [-0.39, 0.29) is 5.78 Å². The van der Waals surface area contributed by atoms with Crippen molar-refractivity contribution in [3.05, 3.63) is 71.8 Å². The van der Waals surface area contributed by atoms with Gasteiger partial charge in [-0.3, -0.25) is 4.79 Å². The molecule has 2 rings (SSSR count). The van der Waals surface area contributed by atoms with E-state index < -0.39 is 26.9 Å². The van der Waals surface area contributed by atoms with Crippen molar-refractivity contribution in [2.45, 2.75) is 129 Å². The van der Waals surface area contributed by atoms with Crippen LogP contribution in [0.1, 0.15) is 122 Å². The van der Waals surface area contributed by atoms with Crippen LogP contribution in [0.3, 0.4) is 0 Å². The molecule has 0 spiro atoms. The molecule has 0 fully saturated rings. The molecule has 7 heteroatoms. The van der Waals surface area contributed by atoms with Gasteiger partial charge in [0.05, 0.1) is 0 Å². The summed E-state index contributed by atoms with van der Waals surface area (Å²) in [6.45, 7) is 10.1. The van der Waals surface area contributed by atoms with Gasteiger partial charge in [-0.1, -0.05) is 132 Å². The van der Waals surface area contributed by atoms with Gasteiger partial charge in [-0.25, -0.2) is 0 Å². The van der Waals surface area contributed by atoms with E-state index in [1.807, 2.05) is 81.4 Å². The fourth-order valence-electron chi connectivity index (χ4n) is 5.87. The number of ether oxygens (including phenoxy) is 1. The Balaban J connectivity index is 2.07. The smallest absolute Gasteiger partial charge is 0.384 e. The lowest BCUT2D eigenvalue weighted by molar-refractivity contribution is -0.140. The van der Waals surface area contributed by atoms with E-state index in [0.29, 0.717) is 45.3 Å². The zero-order valence-electron chi connectivity index (χ0n) is 28.0. The van der Waals surface area contributed by atoms with Gasteiger partial charge in [0.25, 0.3) is 0 Å². The minimum Gasteiger partial charge on any atom is -0.384 e. The van der Waals surface area contributed by atoms with E-state index in [1.54, 1.807) is 0 Å². The molecule has 44 heavy (non-hydrogen) atoms. The number of ketones is 1. The molecule has 2 aromatic rings. The van der Waals surface area contributed by atoms with E-state index >= 15 is 0 Å². The van der Waals surface area contributed by atoms with Gasteiger partial charge in [-0.2, -0.15) is 0 Å². The van der Waals surface area contributed by atoms with Gasteiger partial charge in [-0.05, 0) is 44.7 Å². The Kier molecular flexibility index (Phi) is 20.4. The summed E-state index contributed by atoms with van der Waals surface area (Å²) in [5, 5.41) is 11.6. The second-order valence-electron chi connectivity index (χ2n) is 11.6. The average molecular weight is 629 g/mol. The molecule has 0 aliphatic carbocycles. The Bertz CT molecular complexity index is 916. The van der Waals surface area contributed by atoms with Crippen LogP contribution in [0.15, 0.2) is 60.7 Å². The van der Waals surface area contributed by atoms with Crippen LogP contribution in [0.5, 0.6) is 0 Å². The molecule has 2 atom stereocenters. The Morgan fingerprint density at radius 1 is 0.659 bits per heavy atom. The molecular formula is C37H60O6Si. The highest BCUT2D eigenvalue weighted by atomic mass is 28.4. The number of Topliss-reactive ketones (excluding diaryl/α,β-unsaturated/α-hetero) is 1. The largest absolute Gasteiger partial charge is 0.501 e. The summed E-state index contributed by atoms with van der Waals surface area (Å²) in [4.78, 5) is 14.0. The first-order chi connectivity index (χ1) is 21.5. The normalized spacial score (nSPS) is 13.3. The van der Waals surface area contributed by atoms with Gasteiger partial charge in [0.2, 0.25) is 0 Å². The molecule has 0 aromatic heterocycles. The summed E-state index contributed by atoms with van der Waals surface area (Å²) in [7, 11) is -2.79. The van der Waals surface area contributed by atoms with Crippen LogP contribution >= 0.6 is 0 Å². The average Bonchev–Trinajstić information content (AvgIpc) is 3.04. The molecule has 0 saturated carbocycles. The highest BCUT2D eigenvalue weighted by Crippen LogP contribution is 2.30. The molecule has 0 radical (unpaired) electrons. The lowest BCUT2D eigenvalue weighted by atomic mass is 9.83. The highest BCUT2D eigenvalue weighted by molar-refractivity contribution is 6.60. The maximum absolute atomic E-state index is 14.0. The zero-order valence-corrected chi connectivity index (χ0v) is 29.0. The number of aliphatic hydroxyl groups is 1. The van der Waals surface area contributed by atoms with E-state index in [9.17, 15) is 9.90 Å². The van der Waals surface area contributed by atoms with Gasteiger partial charge >= 0.3 is 8.80 Å². The first-order valence-electron chi connectivity index (χ1n) is 17.4. The molecule has 0 heterocycles. The predicted molar refractivity (Wildman–Crippen MR) is 182 cm³/mol. The molecule has 2 aromatic carbocycles. The molecule has 0 aliphatic rings. The number of benzene rings is 2. The Morgan fingerprint density at radius 3 is 1.57 bits per heavy atom. The van der Waals surface area contributed by atoms with Gasteiger partial charge < -0.3 is 23.1 Å². The number of rotatable bonds is 27. The second kappa shape index (κ2) is 23.5. The molecule has 0 bridgehead atoms. The van der Waals surface area contributed by atoms with E-state index in [0.717, 1.165) is 24.0 Å². The van der Waals surface area contributed by atoms with Crippen LogP contribution in [0.4, 0.5) is 0 Å². The molecule has 0 amide bonds. The van der Waals surface area contributed by atoms with Crippen LogP contribution in [0.2, 0.25) is 6.04 Å². The third-order valence-corrected chi connectivity index (χ3v) is 11.3. The van der Waals surface area contributed by atoms with Crippen molar-refractivity contribution < 1.29 is 27.9 Å². The number of unbranched alkanes of at least 4 members (excludes halogenated alkanes) is 9. The molecule has 248 valence electrons. The van der Waals surface area contributed by atoms with E-state index in [4.69, 9.17) is 18.0 Å². The van der Waals surface area contributed by atoms with Crippen molar-refractivity contribution in [1.82, 2.24) is 0 Å². The van der Waals surface area contributed by atoms with Crippen molar-refractivity contribution in [2.75, 3.05) is 26.4 Å². The Labute approximate surface area is 269 Å². The summed E-state index contributed by atoms with van der Waals surface area (Å²) in [6.07, 6.45) is 11.6. The van der Waals surface area contributed by atoms with Crippen LogP contribution in [0, 0.1) is 0 Å². The first kappa shape index (κ1) is 38.3. The van der Waals surface area contributed by atoms with Gasteiger partial charge in [0.1, 0.15) is 12.2 Å². The summed E-state index contributed by atoms with van der Waals surface area (Å²) < 4.78 is 24.3. The third-order valence-electron chi connectivity index (χ3n) is 8.10. The van der Waals surface area contributed by atoms with Crippen molar-refractivity contribution in [2.24, 2.45) is 0 Å². The lowest BCUT2D eigenvalue weighted by Gasteiger charge is -2.29. The predicted octanol–water partition coefficient (Wildman–Crippen LogP) is 8.88. The van der Waals surface area contributed by atoms with Crippen molar-refractivity contribution in [3.63, 3.8) is 0 Å². The second-order valence-corrected chi connectivity index (χ2v) is 14.3. The van der Waals surface area contributed by atoms with Gasteiger partial charge in [-0.15, -0.1) is 0 Å². The van der Waals surface area contributed by atoms with Crippen LogP contribution in [-0.2, 0) is 22.8 Å². The minimum absolute atomic E-state index is 0.249. The number of carbonyl (C=O) groups is 1. The van der Waals surface area contributed by atoms with Crippen molar-refractivity contribution in [1.29, 1.82) is 0 Å². The summed E-state index contributed by atoms with van der Waals surface area (Å²) in [6, 6.07) is 20.2. The molecule has 1 N–H and O–H groups in total. The fourth-order valence-corrected chi connectivity index (χ4v) is 8.45. The SMILES string of the molecule is CCCCCCCCCCCCC(OCCC[Si](OCC)(OCC)OCC)C(=O)C(O)C(c1ccccc1)c1ccccc1. The summed E-state index contributed by atoms with van der Waals surface area (Å²) >= 11 is 0. The van der Waals surface area contributed by atoms with E-state index in [2.05, 4.69) is 6.92 Å². The van der Waals surface area contributed by atoms with Crippen molar-refractivity contribution >= 4 is 14.6 Å². The van der Waals surface area contributed by atoms with Gasteiger partial charge in [0, 0.05) is 38.4 Å². The van der Waals surface area contributed by atoms with Crippen LogP contribution in [0.25, 0.3) is 0 Å². The molecular weight excluding hydrogens is 568 g/mol. The highest BCUT2D eigenvalue weighted by Gasteiger charge is 2.40. The van der Waals surface area contributed by atoms with E-state index in [1.165, 1.54) is 51.4 Å². The standard InChI is InChI=1S/C37H60O6Si/c1-5-9-10-11-12-13-14-15-16-23-29-34(40-30-24-31-44(41-6-2,42-7-3)43-8-4)36(38)37(39)35(32-25-19-17-20-26-32)33-27-21-18-22-28-33/h17-22,25-28,34-35,37,39H,5-16,23-24,29-31H2,1-4H3. The van der Waals surface area contributed by atoms with Crippen LogP contribution < -0.4 is 0 Å². The quantitative estimate of drug-likeness (QED) is 0.0787. The molecule has 0 saturated heterocycles. The maximum Gasteiger partial charge on any atom is 0.501 e. The number of aliphatic hydroxyl groups excluding tert-OH is 1. The number of hydrogen-bond donors (Lipinski definition) is 1. The fraction of sp³-hybridized carbons (Fsp3) is 0.649.